The maximum Gasteiger partial charge on any atom is 0.164 e. The minimum atomic E-state index is -0.606. The van der Waals surface area contributed by atoms with Gasteiger partial charge in [0.25, 0.3) is 0 Å². The van der Waals surface area contributed by atoms with Gasteiger partial charge in [0.05, 0.1) is 12.7 Å². The molecule has 0 aromatic heterocycles. The number of rotatable bonds is 4. The van der Waals surface area contributed by atoms with Crippen molar-refractivity contribution >= 4 is 0 Å². The van der Waals surface area contributed by atoms with Gasteiger partial charge in [-0.15, -0.1) is 0 Å². The van der Waals surface area contributed by atoms with Gasteiger partial charge in [0.1, 0.15) is 19.0 Å². The van der Waals surface area contributed by atoms with E-state index >= 15 is 0 Å². The summed E-state index contributed by atoms with van der Waals surface area (Å²) >= 11 is 0. The fourth-order valence-corrected chi connectivity index (χ4v) is 2.34. The second kappa shape index (κ2) is 5.04. The Morgan fingerprint density at radius 1 is 1.47 bits per heavy atom. The molecule has 1 aliphatic heterocycles. The quantitative estimate of drug-likeness (QED) is 0.586. The molecule has 5 heteroatoms. The summed E-state index contributed by atoms with van der Waals surface area (Å²) in [6.07, 6.45) is 2.18. The lowest BCUT2D eigenvalue weighted by Crippen LogP contribution is -2.40. The highest BCUT2D eigenvalue weighted by Gasteiger charge is 2.46. The molecule has 1 N–H and O–H groups in total. The molecule has 1 fully saturated rings. The lowest BCUT2D eigenvalue weighted by Gasteiger charge is -2.30. The molecule has 0 aromatic rings. The minimum absolute atomic E-state index is 0.0276. The Balaban J connectivity index is 2.10. The molecule has 3 atom stereocenters. The molecule has 0 aromatic carbocycles. The second-order valence-corrected chi connectivity index (χ2v) is 4.86. The van der Waals surface area contributed by atoms with Gasteiger partial charge in [0.15, 0.2) is 5.79 Å². The SMILES string of the molecule is COCO[C@@H]1CC(CO)=C[C@@H]2OC(C)(C)O[C@@H]21. The largest absolute Gasteiger partial charge is 0.392 e. The van der Waals surface area contributed by atoms with Gasteiger partial charge in [-0.25, -0.2) is 0 Å². The standard InChI is InChI=1S/C12H20O5/c1-12(2)16-10-5-8(6-13)4-9(11(10)17-12)15-7-14-3/h5,9-11,13H,4,6-7H2,1-3H3/t9-,10+,11-/m1/s1. The smallest absolute Gasteiger partial charge is 0.164 e. The number of methoxy groups -OCH3 is 1. The van der Waals surface area contributed by atoms with E-state index in [1.54, 1.807) is 7.11 Å². The zero-order valence-corrected chi connectivity index (χ0v) is 10.5. The fraction of sp³-hybridized carbons (Fsp3) is 0.833. The first kappa shape index (κ1) is 13.0. The van der Waals surface area contributed by atoms with Crippen LogP contribution < -0.4 is 0 Å². The molecule has 0 radical (unpaired) electrons. The number of hydrogen-bond donors (Lipinski definition) is 1. The van der Waals surface area contributed by atoms with Crippen molar-refractivity contribution in [3.05, 3.63) is 11.6 Å². The van der Waals surface area contributed by atoms with Crippen LogP contribution in [-0.4, -0.2) is 49.7 Å². The van der Waals surface area contributed by atoms with E-state index in [1.165, 1.54) is 0 Å². The summed E-state index contributed by atoms with van der Waals surface area (Å²) in [5, 5.41) is 9.23. The molecular weight excluding hydrogens is 224 g/mol. The van der Waals surface area contributed by atoms with Crippen LogP contribution in [0.3, 0.4) is 0 Å². The van der Waals surface area contributed by atoms with Crippen LogP contribution in [0.25, 0.3) is 0 Å². The predicted molar refractivity (Wildman–Crippen MR) is 60.4 cm³/mol. The Kier molecular flexibility index (Phi) is 3.85. The third kappa shape index (κ3) is 2.86. The average Bonchev–Trinajstić information content (AvgIpc) is 2.59. The molecule has 17 heavy (non-hydrogen) atoms. The average molecular weight is 244 g/mol. The topological polar surface area (TPSA) is 57.2 Å². The molecule has 1 heterocycles. The van der Waals surface area contributed by atoms with E-state index in [1.807, 2.05) is 19.9 Å². The summed E-state index contributed by atoms with van der Waals surface area (Å²) in [6, 6.07) is 0. The van der Waals surface area contributed by atoms with Gasteiger partial charge in [0, 0.05) is 7.11 Å². The Labute approximate surface area is 101 Å². The van der Waals surface area contributed by atoms with Crippen LogP contribution in [0.2, 0.25) is 0 Å². The number of ether oxygens (including phenoxy) is 4. The molecule has 0 spiro atoms. The van der Waals surface area contributed by atoms with E-state index in [9.17, 15) is 5.11 Å². The Morgan fingerprint density at radius 2 is 2.24 bits per heavy atom. The second-order valence-electron chi connectivity index (χ2n) is 4.86. The molecule has 2 rings (SSSR count). The number of aliphatic hydroxyl groups is 1. The highest BCUT2D eigenvalue weighted by molar-refractivity contribution is 5.17. The first-order chi connectivity index (χ1) is 8.05. The summed E-state index contributed by atoms with van der Waals surface area (Å²) in [5.74, 6) is -0.606. The normalized spacial score (nSPS) is 35.5. The van der Waals surface area contributed by atoms with Gasteiger partial charge >= 0.3 is 0 Å². The number of aliphatic hydroxyl groups excluding tert-OH is 1. The Bertz CT molecular complexity index is 299. The first-order valence-electron chi connectivity index (χ1n) is 5.82. The van der Waals surface area contributed by atoms with E-state index in [0.717, 1.165) is 5.57 Å². The van der Waals surface area contributed by atoms with Crippen LogP contribution in [-0.2, 0) is 18.9 Å². The Hall–Kier alpha value is -0.460. The molecule has 0 unspecified atom stereocenters. The van der Waals surface area contributed by atoms with Crippen molar-refractivity contribution in [3.8, 4) is 0 Å². The minimum Gasteiger partial charge on any atom is -0.392 e. The summed E-state index contributed by atoms with van der Waals surface area (Å²) in [5.41, 5.74) is 0.925. The van der Waals surface area contributed by atoms with Gasteiger partial charge in [-0.05, 0) is 25.8 Å². The van der Waals surface area contributed by atoms with Gasteiger partial charge in [-0.3, -0.25) is 0 Å². The van der Waals surface area contributed by atoms with Crippen LogP contribution in [0, 0.1) is 0 Å². The molecule has 5 nitrogen and oxygen atoms in total. The van der Waals surface area contributed by atoms with Crippen molar-refractivity contribution in [2.75, 3.05) is 20.5 Å². The van der Waals surface area contributed by atoms with Crippen LogP contribution in [0.1, 0.15) is 20.3 Å². The molecule has 0 amide bonds. The first-order valence-corrected chi connectivity index (χ1v) is 5.82. The molecule has 0 saturated carbocycles. The lowest BCUT2D eigenvalue weighted by molar-refractivity contribution is -0.168. The maximum absolute atomic E-state index is 9.23. The third-order valence-electron chi connectivity index (χ3n) is 3.00. The maximum atomic E-state index is 9.23. The number of fused-ring (bicyclic) bond motifs is 1. The van der Waals surface area contributed by atoms with Crippen LogP contribution in [0.15, 0.2) is 11.6 Å². The van der Waals surface area contributed by atoms with E-state index in [0.29, 0.717) is 6.42 Å². The van der Waals surface area contributed by atoms with Gasteiger partial charge in [-0.2, -0.15) is 0 Å². The molecule has 1 aliphatic carbocycles. The van der Waals surface area contributed by atoms with E-state index in [2.05, 4.69) is 0 Å². The lowest BCUT2D eigenvalue weighted by atomic mass is 9.92. The summed E-state index contributed by atoms with van der Waals surface area (Å²) in [4.78, 5) is 0. The molecule has 2 aliphatic rings. The fourth-order valence-electron chi connectivity index (χ4n) is 2.34. The van der Waals surface area contributed by atoms with Crippen LogP contribution >= 0.6 is 0 Å². The Morgan fingerprint density at radius 3 is 2.88 bits per heavy atom. The van der Waals surface area contributed by atoms with E-state index < -0.39 is 5.79 Å². The van der Waals surface area contributed by atoms with Crippen molar-refractivity contribution in [3.63, 3.8) is 0 Å². The van der Waals surface area contributed by atoms with Crippen molar-refractivity contribution in [2.24, 2.45) is 0 Å². The molecular formula is C12H20O5. The molecule has 1 saturated heterocycles. The van der Waals surface area contributed by atoms with E-state index in [-0.39, 0.29) is 31.7 Å². The van der Waals surface area contributed by atoms with Crippen molar-refractivity contribution in [1.29, 1.82) is 0 Å². The van der Waals surface area contributed by atoms with Crippen molar-refractivity contribution < 1.29 is 24.1 Å². The summed E-state index contributed by atoms with van der Waals surface area (Å²) in [6.45, 7) is 4.01. The summed E-state index contributed by atoms with van der Waals surface area (Å²) < 4.78 is 22.1. The zero-order chi connectivity index (χ0) is 12.5. The van der Waals surface area contributed by atoms with E-state index in [4.69, 9.17) is 18.9 Å². The molecule has 98 valence electrons. The van der Waals surface area contributed by atoms with Crippen molar-refractivity contribution in [2.45, 2.75) is 44.4 Å². The van der Waals surface area contributed by atoms with Gasteiger partial charge in [-0.1, -0.05) is 6.08 Å². The highest BCUT2D eigenvalue weighted by atomic mass is 16.8. The molecule has 0 bridgehead atoms. The highest BCUT2D eigenvalue weighted by Crippen LogP contribution is 2.37. The zero-order valence-electron chi connectivity index (χ0n) is 10.5. The van der Waals surface area contributed by atoms with Crippen LogP contribution in [0.4, 0.5) is 0 Å². The third-order valence-corrected chi connectivity index (χ3v) is 3.00. The van der Waals surface area contributed by atoms with Crippen molar-refractivity contribution in [1.82, 2.24) is 0 Å². The summed E-state index contributed by atoms with van der Waals surface area (Å²) in [7, 11) is 1.58. The van der Waals surface area contributed by atoms with Gasteiger partial charge in [0.2, 0.25) is 0 Å². The van der Waals surface area contributed by atoms with Crippen LogP contribution in [0.5, 0.6) is 0 Å². The number of hydrogen-bond acceptors (Lipinski definition) is 5. The van der Waals surface area contributed by atoms with Gasteiger partial charge < -0.3 is 24.1 Å². The predicted octanol–water partition coefficient (Wildman–Crippen LogP) is 0.818. The monoisotopic (exact) mass is 244 g/mol.